The first kappa shape index (κ1) is 17.6. The maximum absolute atomic E-state index is 13.2. The van der Waals surface area contributed by atoms with E-state index < -0.39 is 29.9 Å². The predicted octanol–water partition coefficient (Wildman–Crippen LogP) is 3.53. The average molecular weight is 347 g/mol. The number of furan rings is 1. The van der Waals surface area contributed by atoms with Gasteiger partial charge in [-0.25, -0.2) is 0 Å². The van der Waals surface area contributed by atoms with Crippen LogP contribution < -0.4 is 5.32 Å². The Hall–Kier alpha value is -1.80. The highest BCUT2D eigenvalue weighted by Crippen LogP contribution is 2.42. The van der Waals surface area contributed by atoms with Crippen LogP contribution in [0, 0.1) is 13.8 Å². The maximum atomic E-state index is 13.2. The minimum Gasteiger partial charge on any atom is -0.463 e. The normalized spacial score (nSPS) is 14.5. The van der Waals surface area contributed by atoms with E-state index >= 15 is 0 Å². The molecule has 0 aromatic carbocycles. The van der Waals surface area contributed by atoms with Crippen LogP contribution in [-0.2, 0) is 5.60 Å². The van der Waals surface area contributed by atoms with E-state index in [9.17, 15) is 23.1 Å². The van der Waals surface area contributed by atoms with Gasteiger partial charge in [-0.1, -0.05) is 0 Å². The summed E-state index contributed by atoms with van der Waals surface area (Å²) >= 11 is 1.21. The maximum Gasteiger partial charge on any atom is 0.424 e. The lowest BCUT2D eigenvalue weighted by atomic mass is 9.95. The van der Waals surface area contributed by atoms with Crippen molar-refractivity contribution in [3.05, 3.63) is 45.5 Å². The van der Waals surface area contributed by atoms with Crippen LogP contribution >= 0.6 is 11.3 Å². The van der Waals surface area contributed by atoms with Gasteiger partial charge in [0, 0.05) is 13.0 Å². The Morgan fingerprint density at radius 1 is 1.30 bits per heavy atom. The summed E-state index contributed by atoms with van der Waals surface area (Å²) in [6.45, 7) is 2.89. The topological polar surface area (TPSA) is 62.5 Å². The Bertz CT molecular complexity index is 692. The van der Waals surface area contributed by atoms with Crippen molar-refractivity contribution in [2.24, 2.45) is 0 Å². The first-order valence-electron chi connectivity index (χ1n) is 6.83. The van der Waals surface area contributed by atoms with Crippen LogP contribution in [0.5, 0.6) is 0 Å². The van der Waals surface area contributed by atoms with Crippen molar-refractivity contribution < 1.29 is 27.5 Å². The summed E-state index contributed by atoms with van der Waals surface area (Å²) in [4.78, 5) is 12.4. The molecule has 8 heteroatoms. The van der Waals surface area contributed by atoms with Crippen LogP contribution in [0.15, 0.2) is 28.0 Å². The van der Waals surface area contributed by atoms with Crippen LogP contribution in [0.25, 0.3) is 0 Å². The summed E-state index contributed by atoms with van der Waals surface area (Å²) in [5.74, 6) is -0.775. The summed E-state index contributed by atoms with van der Waals surface area (Å²) in [6, 6.07) is 4.19. The Morgan fingerprint density at radius 2 is 2.00 bits per heavy atom. The first-order valence-corrected chi connectivity index (χ1v) is 7.71. The van der Waals surface area contributed by atoms with Crippen molar-refractivity contribution in [1.29, 1.82) is 0 Å². The Balaban J connectivity index is 2.08. The second-order valence-corrected chi connectivity index (χ2v) is 6.12. The number of alkyl halides is 3. The minimum absolute atomic E-state index is 0.265. The van der Waals surface area contributed by atoms with Crippen molar-refractivity contribution in [2.75, 3.05) is 6.54 Å². The summed E-state index contributed by atoms with van der Waals surface area (Å²) < 4.78 is 44.7. The van der Waals surface area contributed by atoms with E-state index in [1.807, 2.05) is 0 Å². The van der Waals surface area contributed by atoms with E-state index in [0.717, 1.165) is 11.6 Å². The van der Waals surface area contributed by atoms with Crippen LogP contribution in [-0.4, -0.2) is 23.7 Å². The van der Waals surface area contributed by atoms with Crippen LogP contribution in [0.1, 0.15) is 33.2 Å². The molecule has 126 valence electrons. The summed E-state index contributed by atoms with van der Waals surface area (Å²) in [6.07, 6.45) is -5.65. The van der Waals surface area contributed by atoms with E-state index in [4.69, 9.17) is 4.42 Å². The highest BCUT2D eigenvalue weighted by Gasteiger charge is 2.56. The molecule has 0 spiro atoms. The van der Waals surface area contributed by atoms with Gasteiger partial charge in [-0.2, -0.15) is 13.2 Å². The fourth-order valence-electron chi connectivity index (χ4n) is 2.10. The van der Waals surface area contributed by atoms with Gasteiger partial charge in [0.2, 0.25) is 5.60 Å². The lowest BCUT2D eigenvalue weighted by Gasteiger charge is -2.28. The lowest BCUT2D eigenvalue weighted by Crippen LogP contribution is -2.44. The molecule has 2 aromatic heterocycles. The summed E-state index contributed by atoms with van der Waals surface area (Å²) in [7, 11) is 0. The molecule has 0 saturated carbocycles. The van der Waals surface area contributed by atoms with E-state index in [1.54, 1.807) is 18.4 Å². The molecule has 4 nitrogen and oxygen atoms in total. The molecule has 1 unspecified atom stereocenters. The minimum atomic E-state index is -4.92. The van der Waals surface area contributed by atoms with Gasteiger partial charge in [0.15, 0.2) is 0 Å². The predicted molar refractivity (Wildman–Crippen MR) is 79.4 cm³/mol. The fraction of sp³-hybridized carbons (Fsp3) is 0.400. The van der Waals surface area contributed by atoms with Gasteiger partial charge >= 0.3 is 6.18 Å². The van der Waals surface area contributed by atoms with Crippen molar-refractivity contribution in [1.82, 2.24) is 5.32 Å². The zero-order valence-electron chi connectivity index (χ0n) is 12.5. The number of hydrogen-bond donors (Lipinski definition) is 2. The first-order chi connectivity index (χ1) is 10.6. The molecule has 0 fully saturated rings. The molecule has 1 amide bonds. The standard InChI is InChI=1S/C15H16F3NO3S/c1-9-5-8-23-12(9)13(20)19-7-6-14(21,15(16,17)18)11-4-3-10(2)22-11/h3-5,8,21H,6-7H2,1-2H3,(H,19,20). The van der Waals surface area contributed by atoms with Crippen molar-refractivity contribution >= 4 is 17.2 Å². The highest BCUT2D eigenvalue weighted by atomic mass is 32.1. The van der Waals surface area contributed by atoms with E-state index in [0.29, 0.717) is 4.88 Å². The van der Waals surface area contributed by atoms with Gasteiger partial charge in [0.05, 0.1) is 4.88 Å². The molecular formula is C15H16F3NO3S. The van der Waals surface area contributed by atoms with Gasteiger partial charge < -0.3 is 14.8 Å². The van der Waals surface area contributed by atoms with E-state index in [1.165, 1.54) is 24.3 Å². The Morgan fingerprint density at radius 3 is 2.48 bits per heavy atom. The third-order valence-corrected chi connectivity index (χ3v) is 4.47. The van der Waals surface area contributed by atoms with Gasteiger partial charge in [-0.15, -0.1) is 11.3 Å². The summed E-state index contributed by atoms with van der Waals surface area (Å²) in [5.41, 5.74) is -2.39. The van der Waals surface area contributed by atoms with Gasteiger partial charge in [0.25, 0.3) is 5.91 Å². The number of rotatable bonds is 5. The quantitative estimate of drug-likeness (QED) is 0.870. The van der Waals surface area contributed by atoms with Gasteiger partial charge in [-0.05, 0) is 43.0 Å². The molecular weight excluding hydrogens is 331 g/mol. The number of carbonyl (C=O) groups is 1. The molecule has 23 heavy (non-hydrogen) atoms. The third-order valence-electron chi connectivity index (χ3n) is 3.46. The van der Waals surface area contributed by atoms with Crippen LogP contribution in [0.4, 0.5) is 13.2 Å². The fourth-order valence-corrected chi connectivity index (χ4v) is 2.95. The van der Waals surface area contributed by atoms with E-state index in [2.05, 4.69) is 5.32 Å². The summed E-state index contributed by atoms with van der Waals surface area (Å²) in [5, 5.41) is 14.2. The molecule has 2 N–H and O–H groups in total. The highest BCUT2D eigenvalue weighted by molar-refractivity contribution is 7.12. The number of aryl methyl sites for hydroxylation is 2. The average Bonchev–Trinajstić information content (AvgIpc) is 3.06. The van der Waals surface area contributed by atoms with Crippen LogP contribution in [0.3, 0.4) is 0 Å². The molecule has 0 radical (unpaired) electrons. The number of carbonyl (C=O) groups excluding carboxylic acids is 1. The van der Waals surface area contributed by atoms with Gasteiger partial charge in [-0.3, -0.25) is 4.79 Å². The number of nitrogens with one attached hydrogen (secondary N) is 1. The van der Waals surface area contributed by atoms with Crippen molar-refractivity contribution in [3.63, 3.8) is 0 Å². The molecule has 0 saturated heterocycles. The molecule has 2 aromatic rings. The molecule has 2 rings (SSSR count). The van der Waals surface area contributed by atoms with Crippen molar-refractivity contribution in [3.8, 4) is 0 Å². The second kappa shape index (κ2) is 6.37. The third kappa shape index (κ3) is 3.59. The molecule has 2 heterocycles. The van der Waals surface area contributed by atoms with E-state index in [-0.39, 0.29) is 12.3 Å². The number of aliphatic hydroxyl groups is 1. The smallest absolute Gasteiger partial charge is 0.424 e. The number of hydrogen-bond acceptors (Lipinski definition) is 4. The molecule has 1 atom stereocenters. The zero-order chi connectivity index (χ0) is 17.3. The lowest BCUT2D eigenvalue weighted by molar-refractivity contribution is -0.274. The second-order valence-electron chi connectivity index (χ2n) is 5.21. The Kier molecular flexibility index (Phi) is 4.86. The SMILES string of the molecule is Cc1ccc(C(O)(CCNC(=O)c2sccc2C)C(F)(F)F)o1. The number of halogens is 3. The number of amides is 1. The molecule has 0 aliphatic rings. The molecule has 0 aliphatic carbocycles. The molecule has 0 aliphatic heterocycles. The van der Waals surface area contributed by atoms with Crippen molar-refractivity contribution in [2.45, 2.75) is 32.0 Å². The largest absolute Gasteiger partial charge is 0.463 e. The van der Waals surface area contributed by atoms with Crippen LogP contribution in [0.2, 0.25) is 0 Å². The monoisotopic (exact) mass is 347 g/mol. The molecule has 0 bridgehead atoms. The zero-order valence-corrected chi connectivity index (χ0v) is 13.3. The van der Waals surface area contributed by atoms with Gasteiger partial charge in [0.1, 0.15) is 11.5 Å². The Labute approximate surface area is 134 Å². The number of thiophene rings is 1.